The molecule has 0 amide bonds. The molecule has 1 aromatic heterocycles. The van der Waals surface area contributed by atoms with Gasteiger partial charge in [0.25, 0.3) is 0 Å². The van der Waals surface area contributed by atoms with E-state index in [4.69, 9.17) is 9.26 Å². The highest BCUT2D eigenvalue weighted by Crippen LogP contribution is 2.12. The van der Waals surface area contributed by atoms with Crippen LogP contribution < -0.4 is 5.32 Å². The summed E-state index contributed by atoms with van der Waals surface area (Å²) in [4.78, 5) is 0. The Morgan fingerprint density at radius 1 is 1.57 bits per heavy atom. The minimum Gasteiger partial charge on any atom is -0.360 e. The molecule has 1 unspecified atom stereocenters. The zero-order valence-corrected chi connectivity index (χ0v) is 8.87. The number of anilines is 1. The molecule has 0 aromatic carbocycles. The summed E-state index contributed by atoms with van der Waals surface area (Å²) in [6, 6.07) is 1.68. The maximum absolute atomic E-state index is 9.43. The van der Waals surface area contributed by atoms with Crippen LogP contribution in [0.2, 0.25) is 0 Å². The van der Waals surface area contributed by atoms with Gasteiger partial charge in [0, 0.05) is 6.07 Å². The molecule has 1 atom stereocenters. The second-order valence-corrected chi connectivity index (χ2v) is 4.05. The maximum atomic E-state index is 9.43. The van der Waals surface area contributed by atoms with Gasteiger partial charge in [0.2, 0.25) is 6.41 Å². The highest BCUT2D eigenvalue weighted by atomic mass is 16.6. The molecular formula is C9H16N2O3. The SMILES string of the molecule is Cc1cc(NC(O)OC(C)(C)C)no1. The molecule has 5 nitrogen and oxygen atoms in total. The largest absolute Gasteiger partial charge is 0.360 e. The van der Waals surface area contributed by atoms with Gasteiger partial charge in [-0.05, 0) is 27.7 Å². The number of hydrogen-bond donors (Lipinski definition) is 2. The number of ether oxygens (including phenoxy) is 1. The third-order valence-electron chi connectivity index (χ3n) is 1.36. The van der Waals surface area contributed by atoms with Gasteiger partial charge in [-0.25, -0.2) is 0 Å². The summed E-state index contributed by atoms with van der Waals surface area (Å²) in [5, 5.41) is 15.7. The molecular weight excluding hydrogens is 184 g/mol. The van der Waals surface area contributed by atoms with Gasteiger partial charge in [0.1, 0.15) is 5.76 Å². The van der Waals surface area contributed by atoms with Gasteiger partial charge in [0.05, 0.1) is 5.60 Å². The van der Waals surface area contributed by atoms with E-state index >= 15 is 0 Å². The quantitative estimate of drug-likeness (QED) is 0.723. The summed E-state index contributed by atoms with van der Waals surface area (Å²) in [5.74, 6) is 1.13. The van der Waals surface area contributed by atoms with Gasteiger partial charge in [0.15, 0.2) is 5.82 Å². The van der Waals surface area contributed by atoms with E-state index in [1.165, 1.54) is 0 Å². The molecule has 0 aliphatic heterocycles. The number of rotatable bonds is 3. The van der Waals surface area contributed by atoms with Crippen molar-refractivity contribution < 1.29 is 14.4 Å². The first-order chi connectivity index (χ1) is 6.37. The van der Waals surface area contributed by atoms with Crippen molar-refractivity contribution in [2.75, 3.05) is 5.32 Å². The highest BCUT2D eigenvalue weighted by Gasteiger charge is 2.17. The molecule has 1 heterocycles. The van der Waals surface area contributed by atoms with Gasteiger partial charge >= 0.3 is 0 Å². The Kier molecular flexibility index (Phi) is 3.13. The first-order valence-corrected chi connectivity index (χ1v) is 4.42. The second kappa shape index (κ2) is 3.98. The Bertz CT molecular complexity index is 290. The third-order valence-corrected chi connectivity index (χ3v) is 1.36. The standard InChI is InChI=1S/C9H16N2O3/c1-6-5-7(11-14-6)10-8(12)13-9(2,3)4/h5,8,12H,1-4H3,(H,10,11). The molecule has 2 N–H and O–H groups in total. The van der Waals surface area contributed by atoms with E-state index in [0.717, 1.165) is 0 Å². The summed E-state index contributed by atoms with van der Waals surface area (Å²) in [6.07, 6.45) is -1.08. The lowest BCUT2D eigenvalue weighted by Crippen LogP contribution is -2.32. The molecule has 0 bridgehead atoms. The van der Waals surface area contributed by atoms with Gasteiger partial charge in [-0.2, -0.15) is 0 Å². The molecule has 1 aromatic rings. The van der Waals surface area contributed by atoms with Crippen molar-refractivity contribution in [2.45, 2.75) is 39.7 Å². The molecule has 0 saturated heterocycles. The molecule has 0 radical (unpaired) electrons. The van der Waals surface area contributed by atoms with Crippen LogP contribution in [0, 0.1) is 6.92 Å². The first kappa shape index (κ1) is 11.0. The van der Waals surface area contributed by atoms with E-state index in [1.54, 1.807) is 13.0 Å². The molecule has 5 heteroatoms. The predicted octanol–water partition coefficient (Wildman–Crippen LogP) is 1.49. The predicted molar refractivity (Wildman–Crippen MR) is 51.7 cm³/mol. The number of nitrogens with zero attached hydrogens (tertiary/aromatic N) is 1. The Labute approximate surface area is 83.0 Å². The van der Waals surface area contributed by atoms with Crippen LogP contribution in [0.4, 0.5) is 5.82 Å². The number of aromatic nitrogens is 1. The zero-order valence-electron chi connectivity index (χ0n) is 8.87. The Morgan fingerprint density at radius 3 is 2.64 bits per heavy atom. The summed E-state index contributed by atoms with van der Waals surface area (Å²) < 4.78 is 10.0. The van der Waals surface area contributed by atoms with Crippen molar-refractivity contribution in [3.05, 3.63) is 11.8 Å². The van der Waals surface area contributed by atoms with Crippen molar-refractivity contribution in [1.82, 2.24) is 5.16 Å². The van der Waals surface area contributed by atoms with E-state index in [0.29, 0.717) is 11.6 Å². The van der Waals surface area contributed by atoms with Crippen molar-refractivity contribution in [1.29, 1.82) is 0 Å². The Morgan fingerprint density at radius 2 is 2.21 bits per heavy atom. The van der Waals surface area contributed by atoms with E-state index in [-0.39, 0.29) is 0 Å². The summed E-state index contributed by atoms with van der Waals surface area (Å²) >= 11 is 0. The third kappa shape index (κ3) is 3.76. The molecule has 0 spiro atoms. The average Bonchev–Trinajstić information content (AvgIpc) is 2.30. The van der Waals surface area contributed by atoms with Crippen LogP contribution in [0.25, 0.3) is 0 Å². The number of hydrogen-bond acceptors (Lipinski definition) is 5. The van der Waals surface area contributed by atoms with Crippen LogP contribution >= 0.6 is 0 Å². The molecule has 1 rings (SSSR count). The van der Waals surface area contributed by atoms with Crippen LogP contribution in [0.1, 0.15) is 26.5 Å². The lowest BCUT2D eigenvalue weighted by Gasteiger charge is -2.23. The van der Waals surface area contributed by atoms with Crippen LogP contribution in [-0.4, -0.2) is 22.3 Å². The van der Waals surface area contributed by atoms with Crippen molar-refractivity contribution in [3.63, 3.8) is 0 Å². The van der Waals surface area contributed by atoms with Crippen molar-refractivity contribution in [3.8, 4) is 0 Å². The monoisotopic (exact) mass is 200 g/mol. The number of aliphatic hydroxyl groups is 1. The van der Waals surface area contributed by atoms with Crippen LogP contribution in [-0.2, 0) is 4.74 Å². The summed E-state index contributed by atoms with van der Waals surface area (Å²) in [6.45, 7) is 7.33. The van der Waals surface area contributed by atoms with Crippen LogP contribution in [0.3, 0.4) is 0 Å². The van der Waals surface area contributed by atoms with E-state index < -0.39 is 12.0 Å². The summed E-state index contributed by atoms with van der Waals surface area (Å²) in [7, 11) is 0. The van der Waals surface area contributed by atoms with E-state index in [9.17, 15) is 5.11 Å². The lowest BCUT2D eigenvalue weighted by molar-refractivity contribution is -0.149. The van der Waals surface area contributed by atoms with Gasteiger partial charge in [-0.1, -0.05) is 5.16 Å². The fourth-order valence-electron chi connectivity index (χ4n) is 0.925. The highest BCUT2D eigenvalue weighted by molar-refractivity contribution is 5.33. The van der Waals surface area contributed by atoms with E-state index in [2.05, 4.69) is 10.5 Å². The fourth-order valence-corrected chi connectivity index (χ4v) is 0.925. The van der Waals surface area contributed by atoms with Gasteiger partial charge in [-0.15, -0.1) is 0 Å². The molecule has 0 fully saturated rings. The number of aryl methyl sites for hydroxylation is 1. The second-order valence-electron chi connectivity index (χ2n) is 4.05. The molecule has 0 aliphatic carbocycles. The van der Waals surface area contributed by atoms with Gasteiger partial charge in [-0.3, -0.25) is 0 Å². The minimum atomic E-state index is -1.08. The van der Waals surface area contributed by atoms with Crippen LogP contribution in [0.15, 0.2) is 10.6 Å². The molecule has 0 aliphatic rings. The van der Waals surface area contributed by atoms with E-state index in [1.807, 2.05) is 20.8 Å². The van der Waals surface area contributed by atoms with Gasteiger partial charge < -0.3 is 19.7 Å². The first-order valence-electron chi connectivity index (χ1n) is 4.42. The molecule has 80 valence electrons. The number of aliphatic hydroxyl groups excluding tert-OH is 1. The lowest BCUT2D eigenvalue weighted by atomic mass is 10.2. The zero-order chi connectivity index (χ0) is 10.8. The fraction of sp³-hybridized carbons (Fsp3) is 0.667. The van der Waals surface area contributed by atoms with Crippen molar-refractivity contribution in [2.24, 2.45) is 0 Å². The van der Waals surface area contributed by atoms with Crippen LogP contribution in [0.5, 0.6) is 0 Å². The normalized spacial score (nSPS) is 14.1. The maximum Gasteiger partial charge on any atom is 0.237 e. The smallest absolute Gasteiger partial charge is 0.237 e. The topological polar surface area (TPSA) is 67.5 Å². The average molecular weight is 200 g/mol. The Balaban J connectivity index is 2.45. The molecule has 0 saturated carbocycles. The number of nitrogens with one attached hydrogen (secondary N) is 1. The Hall–Kier alpha value is -1.07. The summed E-state index contributed by atoms with van der Waals surface area (Å²) in [5.41, 5.74) is -0.412. The van der Waals surface area contributed by atoms with Crippen molar-refractivity contribution >= 4 is 5.82 Å². The minimum absolute atomic E-state index is 0.412. The molecule has 14 heavy (non-hydrogen) atoms.